The summed E-state index contributed by atoms with van der Waals surface area (Å²) in [5.41, 5.74) is 0.851. The summed E-state index contributed by atoms with van der Waals surface area (Å²) in [5, 5.41) is 1.04. The summed E-state index contributed by atoms with van der Waals surface area (Å²) in [6.07, 6.45) is 0.761. The summed E-state index contributed by atoms with van der Waals surface area (Å²) in [5.74, 6) is -0.342. The molecule has 0 radical (unpaired) electrons. The minimum absolute atomic E-state index is 0.243. The van der Waals surface area contributed by atoms with E-state index in [2.05, 4.69) is 15.9 Å². The van der Waals surface area contributed by atoms with Gasteiger partial charge in [0, 0.05) is 5.33 Å². The molecule has 0 spiro atoms. The quantitative estimate of drug-likeness (QED) is 0.692. The lowest BCUT2D eigenvalue weighted by Gasteiger charge is -2.00. The Labute approximate surface area is 78.5 Å². The van der Waals surface area contributed by atoms with E-state index in [9.17, 15) is 4.39 Å². The number of aryl methyl sites for hydroxylation is 1. The van der Waals surface area contributed by atoms with E-state index in [4.69, 9.17) is 11.6 Å². The van der Waals surface area contributed by atoms with Crippen LogP contribution in [0, 0.1) is 5.82 Å². The van der Waals surface area contributed by atoms with Gasteiger partial charge in [0.25, 0.3) is 0 Å². The van der Waals surface area contributed by atoms with Crippen LogP contribution in [0.2, 0.25) is 5.02 Å². The third-order valence-corrected chi connectivity index (χ3v) is 2.22. The largest absolute Gasteiger partial charge is 0.205 e. The molecule has 1 aromatic rings. The van der Waals surface area contributed by atoms with Crippen LogP contribution in [-0.2, 0) is 6.42 Å². The van der Waals surface area contributed by atoms with Gasteiger partial charge in [0.2, 0.25) is 0 Å². The van der Waals surface area contributed by atoms with Gasteiger partial charge in [-0.05, 0) is 18.1 Å². The minimum Gasteiger partial charge on any atom is -0.205 e. The van der Waals surface area contributed by atoms with Crippen molar-refractivity contribution in [3.05, 3.63) is 34.6 Å². The number of alkyl halides is 1. The first-order valence-corrected chi connectivity index (χ1v) is 4.74. The molecule has 60 valence electrons. The first kappa shape index (κ1) is 9.01. The molecule has 0 heterocycles. The number of benzene rings is 1. The van der Waals surface area contributed by atoms with Crippen molar-refractivity contribution in [2.75, 3.05) is 5.33 Å². The fourth-order valence-corrected chi connectivity index (χ4v) is 1.49. The van der Waals surface area contributed by atoms with Crippen molar-refractivity contribution < 1.29 is 4.39 Å². The van der Waals surface area contributed by atoms with Gasteiger partial charge >= 0.3 is 0 Å². The summed E-state index contributed by atoms with van der Waals surface area (Å²) in [6, 6.07) is 4.85. The first-order chi connectivity index (χ1) is 5.25. The van der Waals surface area contributed by atoms with Crippen LogP contribution in [-0.4, -0.2) is 5.33 Å². The van der Waals surface area contributed by atoms with Gasteiger partial charge in [0.05, 0.1) is 5.02 Å². The second-order valence-electron chi connectivity index (χ2n) is 2.15. The van der Waals surface area contributed by atoms with Crippen LogP contribution in [0.15, 0.2) is 18.2 Å². The zero-order chi connectivity index (χ0) is 8.27. The molecule has 0 N–H and O–H groups in total. The van der Waals surface area contributed by atoms with Gasteiger partial charge in [-0.15, -0.1) is 0 Å². The Bertz CT molecular complexity index is 250. The van der Waals surface area contributed by atoms with Crippen molar-refractivity contribution in [1.29, 1.82) is 0 Å². The van der Waals surface area contributed by atoms with Crippen LogP contribution >= 0.6 is 27.5 Å². The molecule has 11 heavy (non-hydrogen) atoms. The highest BCUT2D eigenvalue weighted by molar-refractivity contribution is 9.09. The standard InChI is InChI=1S/C8H7BrClF/c9-5-4-6-2-1-3-7(11)8(6)10/h1-3H,4-5H2. The Morgan fingerprint density at radius 1 is 1.45 bits per heavy atom. The van der Waals surface area contributed by atoms with Gasteiger partial charge in [-0.2, -0.15) is 0 Å². The van der Waals surface area contributed by atoms with Crippen molar-refractivity contribution in [3.63, 3.8) is 0 Å². The summed E-state index contributed by atoms with van der Waals surface area (Å²) in [6.45, 7) is 0. The van der Waals surface area contributed by atoms with Crippen LogP contribution in [0.1, 0.15) is 5.56 Å². The SMILES string of the molecule is Fc1cccc(CCBr)c1Cl. The molecular weight excluding hydrogens is 230 g/mol. The third-order valence-electron chi connectivity index (χ3n) is 1.40. The zero-order valence-corrected chi connectivity index (χ0v) is 8.12. The summed E-state index contributed by atoms with van der Waals surface area (Å²) in [4.78, 5) is 0. The minimum atomic E-state index is -0.342. The predicted molar refractivity (Wildman–Crippen MR) is 48.9 cm³/mol. The van der Waals surface area contributed by atoms with Gasteiger partial charge in [-0.25, -0.2) is 4.39 Å². The number of hydrogen-bond donors (Lipinski definition) is 0. The molecule has 0 aliphatic carbocycles. The summed E-state index contributed by atoms with van der Waals surface area (Å²) < 4.78 is 12.8. The number of rotatable bonds is 2. The lowest BCUT2D eigenvalue weighted by Crippen LogP contribution is -1.89. The Morgan fingerprint density at radius 3 is 2.82 bits per heavy atom. The predicted octanol–water partition coefficient (Wildman–Crippen LogP) is 3.42. The maximum absolute atomic E-state index is 12.8. The smallest absolute Gasteiger partial charge is 0.142 e. The Kier molecular flexibility index (Phi) is 3.34. The third kappa shape index (κ3) is 2.17. The Morgan fingerprint density at radius 2 is 2.18 bits per heavy atom. The lowest BCUT2D eigenvalue weighted by molar-refractivity contribution is 0.626. The summed E-state index contributed by atoms with van der Waals surface area (Å²) >= 11 is 8.94. The van der Waals surface area contributed by atoms with Crippen LogP contribution in [0.5, 0.6) is 0 Å². The van der Waals surface area contributed by atoms with Crippen molar-refractivity contribution in [2.24, 2.45) is 0 Å². The molecule has 0 unspecified atom stereocenters. The molecule has 0 aliphatic heterocycles. The fraction of sp³-hybridized carbons (Fsp3) is 0.250. The highest BCUT2D eigenvalue weighted by Crippen LogP contribution is 2.20. The van der Waals surface area contributed by atoms with Crippen LogP contribution < -0.4 is 0 Å². The van der Waals surface area contributed by atoms with Crippen molar-refractivity contribution in [3.8, 4) is 0 Å². The number of halogens is 3. The molecule has 0 aromatic heterocycles. The zero-order valence-electron chi connectivity index (χ0n) is 5.78. The first-order valence-electron chi connectivity index (χ1n) is 3.24. The van der Waals surface area contributed by atoms with E-state index in [1.54, 1.807) is 6.07 Å². The molecular formula is C8H7BrClF. The molecule has 1 aromatic carbocycles. The molecule has 3 heteroatoms. The molecule has 1 rings (SSSR count). The Balaban J connectivity index is 2.96. The normalized spacial score (nSPS) is 10.1. The highest BCUT2D eigenvalue weighted by atomic mass is 79.9. The lowest BCUT2D eigenvalue weighted by atomic mass is 10.2. The van der Waals surface area contributed by atoms with E-state index in [1.807, 2.05) is 6.07 Å². The van der Waals surface area contributed by atoms with Crippen molar-refractivity contribution >= 4 is 27.5 Å². The van der Waals surface area contributed by atoms with Crippen molar-refractivity contribution in [2.45, 2.75) is 6.42 Å². The maximum Gasteiger partial charge on any atom is 0.142 e. The van der Waals surface area contributed by atoms with Crippen LogP contribution in [0.25, 0.3) is 0 Å². The average Bonchev–Trinajstić information content (AvgIpc) is 1.99. The van der Waals surface area contributed by atoms with Gasteiger partial charge in [0.15, 0.2) is 0 Å². The molecule has 0 saturated heterocycles. The average molecular weight is 237 g/mol. The second-order valence-corrected chi connectivity index (χ2v) is 3.32. The monoisotopic (exact) mass is 236 g/mol. The van der Waals surface area contributed by atoms with Gasteiger partial charge in [-0.1, -0.05) is 39.7 Å². The fourth-order valence-electron chi connectivity index (χ4n) is 0.843. The van der Waals surface area contributed by atoms with Crippen molar-refractivity contribution in [1.82, 2.24) is 0 Å². The number of hydrogen-bond acceptors (Lipinski definition) is 0. The topological polar surface area (TPSA) is 0 Å². The van der Waals surface area contributed by atoms with Gasteiger partial charge < -0.3 is 0 Å². The van der Waals surface area contributed by atoms with E-state index in [1.165, 1.54) is 6.07 Å². The maximum atomic E-state index is 12.8. The molecule has 0 atom stereocenters. The summed E-state index contributed by atoms with van der Waals surface area (Å²) in [7, 11) is 0. The van der Waals surface area contributed by atoms with Crippen LogP contribution in [0.4, 0.5) is 4.39 Å². The van der Waals surface area contributed by atoms with E-state index in [0.29, 0.717) is 0 Å². The van der Waals surface area contributed by atoms with E-state index in [0.717, 1.165) is 17.3 Å². The molecule has 0 nitrogen and oxygen atoms in total. The van der Waals surface area contributed by atoms with Crippen LogP contribution in [0.3, 0.4) is 0 Å². The molecule has 0 aliphatic rings. The van der Waals surface area contributed by atoms with E-state index in [-0.39, 0.29) is 10.8 Å². The second kappa shape index (κ2) is 4.07. The van der Waals surface area contributed by atoms with Gasteiger partial charge in [-0.3, -0.25) is 0 Å². The molecule has 0 fully saturated rings. The van der Waals surface area contributed by atoms with E-state index < -0.39 is 0 Å². The Hall–Kier alpha value is -0.0800. The van der Waals surface area contributed by atoms with E-state index >= 15 is 0 Å². The highest BCUT2D eigenvalue weighted by Gasteiger charge is 2.03. The molecule has 0 saturated carbocycles. The molecule has 0 amide bonds. The molecule has 0 bridgehead atoms. The van der Waals surface area contributed by atoms with Gasteiger partial charge in [0.1, 0.15) is 5.82 Å².